The van der Waals surface area contributed by atoms with E-state index in [-0.39, 0.29) is 73.6 Å². The lowest BCUT2D eigenvalue weighted by molar-refractivity contribution is -0.129. The summed E-state index contributed by atoms with van der Waals surface area (Å²) >= 11 is 0. The predicted molar refractivity (Wildman–Crippen MR) is 236 cm³/mol. The predicted octanol–water partition coefficient (Wildman–Crippen LogP) is 2.11. The highest BCUT2D eigenvalue weighted by atomic mass is 16.2. The fourth-order valence-corrected chi connectivity index (χ4v) is 5.00. The smallest absolute Gasteiger partial charge is 0.336 e. The van der Waals surface area contributed by atoms with Gasteiger partial charge in [-0.05, 0) is 62.3 Å². The summed E-state index contributed by atoms with van der Waals surface area (Å²) in [5.74, 6) is -0.753. The van der Waals surface area contributed by atoms with Crippen molar-refractivity contribution in [1.82, 2.24) is 50.5 Å². The van der Waals surface area contributed by atoms with Crippen molar-refractivity contribution in [2.75, 3.05) is 58.9 Å². The summed E-state index contributed by atoms with van der Waals surface area (Å²) < 4.78 is 2.63. The van der Waals surface area contributed by atoms with Crippen LogP contribution in [0.4, 0.5) is 0 Å². The maximum atomic E-state index is 13.0. The van der Waals surface area contributed by atoms with E-state index in [0.717, 1.165) is 53.0 Å². The minimum atomic E-state index is -0.838. The summed E-state index contributed by atoms with van der Waals surface area (Å²) in [5.41, 5.74) is -3.89. The lowest BCUT2D eigenvalue weighted by Gasteiger charge is -2.29. The van der Waals surface area contributed by atoms with Crippen LogP contribution in [0, 0.1) is 16.2 Å². The molecule has 1 rings (SSSR count). The first-order valence-corrected chi connectivity index (χ1v) is 20.8. The Morgan fingerprint density at radius 2 is 0.603 bits per heavy atom. The number of hydrogen-bond donors (Lipinski definition) is 6. The van der Waals surface area contributed by atoms with E-state index in [9.17, 15) is 28.8 Å². The van der Waals surface area contributed by atoms with Crippen molar-refractivity contribution >= 4 is 17.7 Å². The summed E-state index contributed by atoms with van der Waals surface area (Å²) in [5, 5.41) is 18.8. The van der Waals surface area contributed by atoms with Crippen LogP contribution in [0.25, 0.3) is 0 Å². The van der Waals surface area contributed by atoms with Gasteiger partial charge in [-0.15, -0.1) is 0 Å². The summed E-state index contributed by atoms with van der Waals surface area (Å²) in [4.78, 5) is 78.2. The molecule has 0 aromatic carbocycles. The first-order chi connectivity index (χ1) is 26.1. The maximum Gasteiger partial charge on any atom is 0.336 e. The SMILES string of the molecule is CC(C)(C)C(=O)NCCn1c(=O)n(CCNC(=O)C(C)(C)C)c(=O)n(CCNC(=O)C(C)(C)C)c1=O.CC(C)(C)NCCN(CCNC(C)(C)C)CCNC(C)(C)C. The molecular formula is C42H84N10O6. The van der Waals surface area contributed by atoms with Crippen LogP contribution in [0.15, 0.2) is 14.4 Å². The van der Waals surface area contributed by atoms with Crippen LogP contribution in [0.2, 0.25) is 0 Å². The second-order valence-electron chi connectivity index (χ2n) is 21.2. The third-order valence-electron chi connectivity index (χ3n) is 8.54. The van der Waals surface area contributed by atoms with Crippen LogP contribution in [0.5, 0.6) is 0 Å². The molecule has 0 atom stereocenters. The van der Waals surface area contributed by atoms with Crippen LogP contribution < -0.4 is 49.0 Å². The third kappa shape index (κ3) is 23.3. The van der Waals surface area contributed by atoms with Gasteiger partial charge in [-0.3, -0.25) is 19.3 Å². The van der Waals surface area contributed by atoms with Crippen LogP contribution in [0.1, 0.15) is 125 Å². The second-order valence-corrected chi connectivity index (χ2v) is 21.2. The van der Waals surface area contributed by atoms with Gasteiger partial charge in [0.05, 0.1) is 0 Å². The molecule has 0 spiro atoms. The van der Waals surface area contributed by atoms with Crippen molar-refractivity contribution in [3.8, 4) is 0 Å². The molecule has 1 aromatic heterocycles. The molecule has 338 valence electrons. The number of amides is 3. The van der Waals surface area contributed by atoms with Gasteiger partial charge in [0, 0.05) is 111 Å². The van der Waals surface area contributed by atoms with Crippen molar-refractivity contribution in [2.45, 2.75) is 161 Å². The van der Waals surface area contributed by atoms with Gasteiger partial charge < -0.3 is 31.9 Å². The normalized spacial score (nSPS) is 12.9. The Kier molecular flexibility index (Phi) is 21.6. The topological polar surface area (TPSA) is 193 Å². The van der Waals surface area contributed by atoms with E-state index >= 15 is 0 Å². The molecule has 16 nitrogen and oxygen atoms in total. The van der Waals surface area contributed by atoms with Gasteiger partial charge in [0.25, 0.3) is 0 Å². The molecule has 6 N–H and O–H groups in total. The average molecular weight is 825 g/mol. The molecule has 0 saturated heterocycles. The number of nitrogens with zero attached hydrogens (tertiary/aromatic N) is 4. The van der Waals surface area contributed by atoms with Gasteiger partial charge in [-0.25, -0.2) is 28.1 Å². The highest BCUT2D eigenvalue weighted by molar-refractivity contribution is 5.82. The Morgan fingerprint density at radius 1 is 0.397 bits per heavy atom. The maximum absolute atomic E-state index is 13.0. The van der Waals surface area contributed by atoms with Crippen molar-refractivity contribution in [1.29, 1.82) is 0 Å². The minimum absolute atomic E-state index is 0.00493. The summed E-state index contributed by atoms with van der Waals surface area (Å²) in [6.45, 7) is 41.6. The summed E-state index contributed by atoms with van der Waals surface area (Å²) in [6.07, 6.45) is 0. The Balaban J connectivity index is 0.00000127. The second kappa shape index (κ2) is 22.9. The molecule has 0 unspecified atom stereocenters. The molecule has 0 fully saturated rings. The van der Waals surface area contributed by atoms with Crippen LogP contribution >= 0.6 is 0 Å². The lowest BCUT2D eigenvalue weighted by atomic mass is 9.96. The van der Waals surface area contributed by atoms with E-state index in [1.807, 2.05) is 0 Å². The Bertz CT molecular complexity index is 1400. The Morgan fingerprint density at radius 3 is 0.776 bits per heavy atom. The van der Waals surface area contributed by atoms with Crippen molar-refractivity contribution in [2.24, 2.45) is 16.2 Å². The quantitative estimate of drug-likeness (QED) is 0.128. The number of carbonyl (C=O) groups excluding carboxylic acids is 3. The van der Waals surface area contributed by atoms with E-state index in [0.29, 0.717) is 0 Å². The Labute approximate surface area is 349 Å². The van der Waals surface area contributed by atoms with Crippen molar-refractivity contribution < 1.29 is 14.4 Å². The monoisotopic (exact) mass is 825 g/mol. The summed E-state index contributed by atoms with van der Waals surface area (Å²) in [7, 11) is 0. The first-order valence-electron chi connectivity index (χ1n) is 20.8. The van der Waals surface area contributed by atoms with Gasteiger partial charge in [-0.2, -0.15) is 0 Å². The zero-order valence-corrected chi connectivity index (χ0v) is 39.7. The molecule has 3 amide bonds. The van der Waals surface area contributed by atoms with E-state index < -0.39 is 33.3 Å². The van der Waals surface area contributed by atoms with Crippen LogP contribution in [-0.4, -0.2) is 112 Å². The van der Waals surface area contributed by atoms with E-state index in [4.69, 9.17) is 0 Å². The standard InChI is InChI=1S/C24H42N6O6.C18H42N4/c1-22(2,3)16(31)25-10-13-28-19(34)29(14-11-26-17(32)23(4,5)6)21(36)30(20(28)35)15-12-27-18(33)24(7,8)9;1-16(2,3)19-10-13-22(14-11-20-17(4,5)6)15-12-21-18(7,8)9/h10-15H2,1-9H3,(H,25,31)(H,26,32)(H,27,33);19-21H,10-15H2,1-9H3. The number of nitrogens with one attached hydrogen (secondary N) is 6. The zero-order chi connectivity index (χ0) is 45.5. The van der Waals surface area contributed by atoms with Crippen LogP contribution in [0.3, 0.4) is 0 Å². The Hall–Kier alpha value is -3.34. The van der Waals surface area contributed by atoms with Gasteiger partial charge in [0.1, 0.15) is 0 Å². The molecule has 16 heteroatoms. The number of carbonyl (C=O) groups is 3. The molecular weight excluding hydrogens is 741 g/mol. The highest BCUT2D eigenvalue weighted by Gasteiger charge is 2.24. The molecule has 0 saturated carbocycles. The highest BCUT2D eigenvalue weighted by Crippen LogP contribution is 2.13. The molecule has 0 bridgehead atoms. The molecule has 1 aromatic rings. The molecule has 58 heavy (non-hydrogen) atoms. The summed E-state index contributed by atoms with van der Waals surface area (Å²) in [6, 6.07) is 0. The molecule has 0 aliphatic heterocycles. The molecule has 0 aliphatic rings. The number of hydrogen-bond acceptors (Lipinski definition) is 10. The number of rotatable bonds is 18. The van der Waals surface area contributed by atoms with Gasteiger partial charge in [0.15, 0.2) is 0 Å². The van der Waals surface area contributed by atoms with Gasteiger partial charge in [0.2, 0.25) is 17.7 Å². The molecule has 1 heterocycles. The van der Waals surface area contributed by atoms with Crippen LogP contribution in [-0.2, 0) is 34.0 Å². The van der Waals surface area contributed by atoms with Gasteiger partial charge in [-0.1, -0.05) is 62.3 Å². The number of aromatic nitrogens is 3. The zero-order valence-electron chi connectivity index (χ0n) is 39.7. The lowest BCUT2D eigenvalue weighted by Crippen LogP contribution is -2.57. The largest absolute Gasteiger partial charge is 0.354 e. The molecule has 0 aliphatic carbocycles. The van der Waals surface area contributed by atoms with Crippen molar-refractivity contribution in [3.05, 3.63) is 31.5 Å². The fourth-order valence-electron chi connectivity index (χ4n) is 5.00. The molecule has 0 radical (unpaired) electrons. The average Bonchev–Trinajstić information content (AvgIpc) is 3.02. The van der Waals surface area contributed by atoms with E-state index in [1.54, 1.807) is 62.3 Å². The fraction of sp³-hybridized carbons (Fsp3) is 0.857. The third-order valence-corrected chi connectivity index (χ3v) is 8.54. The first kappa shape index (κ1) is 54.7. The van der Waals surface area contributed by atoms with Gasteiger partial charge >= 0.3 is 17.1 Å². The van der Waals surface area contributed by atoms with E-state index in [2.05, 4.69) is 99.1 Å². The van der Waals surface area contributed by atoms with E-state index in [1.165, 1.54) is 0 Å². The minimum Gasteiger partial charge on any atom is -0.354 e. The van der Waals surface area contributed by atoms with Crippen molar-refractivity contribution in [3.63, 3.8) is 0 Å².